The minimum absolute atomic E-state index is 0.0774. The smallest absolute Gasteiger partial charge is 0.271 e. The molecule has 3 rings (SSSR count). The fraction of sp³-hybridized carbons (Fsp3) is 0.421. The van der Waals surface area contributed by atoms with Gasteiger partial charge in [-0.3, -0.25) is 4.79 Å². The molecule has 1 aliphatic carbocycles. The molecule has 0 saturated heterocycles. The van der Waals surface area contributed by atoms with Gasteiger partial charge in [-0.05, 0) is 25.3 Å². The van der Waals surface area contributed by atoms with Crippen LogP contribution in [-0.4, -0.2) is 16.0 Å². The molecule has 1 aromatic heterocycles. The van der Waals surface area contributed by atoms with Crippen molar-refractivity contribution >= 4 is 5.82 Å². The molecule has 2 aromatic rings. The highest BCUT2D eigenvalue weighted by Gasteiger charge is 2.18. The summed E-state index contributed by atoms with van der Waals surface area (Å²) >= 11 is 0. The Morgan fingerprint density at radius 3 is 2.83 bits per heavy atom. The van der Waals surface area contributed by atoms with E-state index in [1.807, 2.05) is 31.2 Å². The fourth-order valence-corrected chi connectivity index (χ4v) is 3.27. The van der Waals surface area contributed by atoms with E-state index in [1.165, 1.54) is 24.8 Å². The molecule has 0 spiro atoms. The van der Waals surface area contributed by atoms with Crippen molar-refractivity contribution in [3.05, 3.63) is 57.1 Å². The number of rotatable bonds is 4. The van der Waals surface area contributed by atoms with Gasteiger partial charge in [-0.15, -0.1) is 0 Å². The van der Waals surface area contributed by atoms with Crippen LogP contribution in [0.25, 0.3) is 0 Å². The third-order valence-corrected chi connectivity index (χ3v) is 4.48. The van der Waals surface area contributed by atoms with E-state index >= 15 is 0 Å². The summed E-state index contributed by atoms with van der Waals surface area (Å²) in [6, 6.07) is 10.4. The lowest BCUT2D eigenvalue weighted by molar-refractivity contribution is 0.461. The number of hydrogen-bond acceptors (Lipinski definition) is 4. The van der Waals surface area contributed by atoms with Crippen LogP contribution < -0.4 is 10.9 Å². The van der Waals surface area contributed by atoms with Gasteiger partial charge >= 0.3 is 0 Å². The Kier molecular flexibility index (Phi) is 4.95. The summed E-state index contributed by atoms with van der Waals surface area (Å²) < 4.78 is 0. The van der Waals surface area contributed by atoms with E-state index < -0.39 is 0 Å². The van der Waals surface area contributed by atoms with E-state index in [4.69, 9.17) is 0 Å². The van der Waals surface area contributed by atoms with Crippen molar-refractivity contribution in [1.82, 2.24) is 9.97 Å². The fourth-order valence-electron chi connectivity index (χ4n) is 3.27. The van der Waals surface area contributed by atoms with Gasteiger partial charge in [0, 0.05) is 12.5 Å². The summed E-state index contributed by atoms with van der Waals surface area (Å²) in [5, 5.41) is 12.6. The zero-order chi connectivity index (χ0) is 16.9. The topological polar surface area (TPSA) is 81.6 Å². The number of aromatic nitrogens is 2. The first-order valence-corrected chi connectivity index (χ1v) is 8.51. The van der Waals surface area contributed by atoms with Crippen LogP contribution >= 0.6 is 0 Å². The summed E-state index contributed by atoms with van der Waals surface area (Å²) in [7, 11) is 0. The van der Waals surface area contributed by atoms with E-state index in [1.54, 1.807) is 0 Å². The molecule has 0 atom stereocenters. The highest BCUT2D eigenvalue weighted by atomic mass is 16.1. The van der Waals surface area contributed by atoms with Crippen molar-refractivity contribution in [2.24, 2.45) is 0 Å². The van der Waals surface area contributed by atoms with E-state index in [0.717, 1.165) is 18.4 Å². The van der Waals surface area contributed by atoms with Crippen LogP contribution in [0, 0.1) is 18.3 Å². The van der Waals surface area contributed by atoms with Crippen LogP contribution in [-0.2, 0) is 6.42 Å². The molecule has 1 fully saturated rings. The molecule has 1 aromatic carbocycles. The molecule has 0 unspecified atom stereocenters. The number of hydrogen-bond donors (Lipinski definition) is 2. The Labute approximate surface area is 141 Å². The van der Waals surface area contributed by atoms with Crippen molar-refractivity contribution in [3.63, 3.8) is 0 Å². The molecule has 5 nitrogen and oxygen atoms in total. The predicted molar refractivity (Wildman–Crippen MR) is 94.1 cm³/mol. The van der Waals surface area contributed by atoms with Gasteiger partial charge in [0.25, 0.3) is 5.56 Å². The van der Waals surface area contributed by atoms with E-state index in [2.05, 4.69) is 21.4 Å². The van der Waals surface area contributed by atoms with Crippen molar-refractivity contribution < 1.29 is 0 Å². The van der Waals surface area contributed by atoms with Crippen molar-refractivity contribution in [2.75, 3.05) is 5.32 Å². The second-order valence-corrected chi connectivity index (χ2v) is 6.49. The highest BCUT2D eigenvalue weighted by Crippen LogP contribution is 2.21. The zero-order valence-corrected chi connectivity index (χ0v) is 13.9. The van der Waals surface area contributed by atoms with E-state index in [-0.39, 0.29) is 11.1 Å². The Morgan fingerprint density at radius 1 is 1.33 bits per heavy atom. The first-order valence-electron chi connectivity index (χ1n) is 8.51. The SMILES string of the molecule is Cc1cccc(Cc2nc(NC3CCCCC3)c(C#N)c(=O)[nH]2)c1. The molecule has 0 radical (unpaired) electrons. The van der Waals surface area contributed by atoms with Gasteiger partial charge in [-0.25, -0.2) is 4.98 Å². The Morgan fingerprint density at radius 2 is 2.12 bits per heavy atom. The van der Waals surface area contributed by atoms with Crippen LogP contribution in [0.5, 0.6) is 0 Å². The average molecular weight is 322 g/mol. The largest absolute Gasteiger partial charge is 0.366 e. The average Bonchev–Trinajstić information content (AvgIpc) is 2.56. The van der Waals surface area contributed by atoms with Crippen molar-refractivity contribution in [2.45, 2.75) is 51.5 Å². The second kappa shape index (κ2) is 7.31. The Bertz CT molecular complexity index is 813. The molecule has 0 bridgehead atoms. The summed E-state index contributed by atoms with van der Waals surface area (Å²) in [6.07, 6.45) is 6.28. The van der Waals surface area contributed by atoms with Gasteiger partial charge < -0.3 is 10.3 Å². The molecule has 124 valence electrons. The van der Waals surface area contributed by atoms with Crippen molar-refractivity contribution in [3.8, 4) is 6.07 Å². The summed E-state index contributed by atoms with van der Waals surface area (Å²) in [5.74, 6) is 1.01. The number of aromatic amines is 1. The lowest BCUT2D eigenvalue weighted by Gasteiger charge is -2.23. The number of anilines is 1. The molecule has 0 aliphatic heterocycles. The standard InChI is InChI=1S/C19H22N4O/c1-13-6-5-7-14(10-13)11-17-22-18(16(12-20)19(24)23-17)21-15-8-3-2-4-9-15/h5-7,10,15H,2-4,8-9,11H2,1H3,(H2,21,22,23,24). The van der Waals surface area contributed by atoms with Crippen LogP contribution in [0.4, 0.5) is 5.82 Å². The first kappa shape index (κ1) is 16.3. The number of H-pyrrole nitrogens is 1. The number of benzene rings is 1. The van der Waals surface area contributed by atoms with Crippen molar-refractivity contribution in [1.29, 1.82) is 5.26 Å². The molecule has 0 amide bonds. The first-order chi connectivity index (χ1) is 11.7. The highest BCUT2D eigenvalue weighted by molar-refractivity contribution is 5.51. The minimum Gasteiger partial charge on any atom is -0.366 e. The quantitative estimate of drug-likeness (QED) is 0.905. The molecule has 24 heavy (non-hydrogen) atoms. The van der Waals surface area contributed by atoms with Crippen LogP contribution in [0.2, 0.25) is 0 Å². The normalized spacial score (nSPS) is 15.0. The summed E-state index contributed by atoms with van der Waals surface area (Å²) in [4.78, 5) is 19.5. The van der Waals surface area contributed by atoms with Gasteiger partial charge in [-0.2, -0.15) is 5.26 Å². The number of nitrogens with zero attached hydrogens (tertiary/aromatic N) is 2. The molecule has 1 heterocycles. The summed E-state index contributed by atoms with van der Waals surface area (Å²) in [5.41, 5.74) is 1.97. The van der Waals surface area contributed by atoms with Gasteiger partial charge in [-0.1, -0.05) is 49.1 Å². The van der Waals surface area contributed by atoms with E-state index in [0.29, 0.717) is 24.1 Å². The maximum absolute atomic E-state index is 12.2. The third kappa shape index (κ3) is 3.83. The molecular weight excluding hydrogens is 300 g/mol. The van der Waals surface area contributed by atoms with Crippen LogP contribution in [0.3, 0.4) is 0 Å². The van der Waals surface area contributed by atoms with E-state index in [9.17, 15) is 10.1 Å². The number of aryl methyl sites for hydroxylation is 1. The Hall–Kier alpha value is -2.61. The lowest BCUT2D eigenvalue weighted by Crippen LogP contribution is -2.26. The van der Waals surface area contributed by atoms with Gasteiger partial charge in [0.05, 0.1) is 0 Å². The maximum Gasteiger partial charge on any atom is 0.271 e. The molecule has 1 saturated carbocycles. The zero-order valence-electron chi connectivity index (χ0n) is 13.9. The minimum atomic E-state index is -0.367. The Balaban J connectivity index is 1.88. The van der Waals surface area contributed by atoms with Gasteiger partial charge in [0.2, 0.25) is 0 Å². The lowest BCUT2D eigenvalue weighted by atomic mass is 9.95. The predicted octanol–water partition coefficient (Wildman–Crippen LogP) is 3.29. The number of nitriles is 1. The molecular formula is C19H22N4O. The monoisotopic (exact) mass is 322 g/mol. The van der Waals surface area contributed by atoms with Gasteiger partial charge in [0.15, 0.2) is 11.4 Å². The maximum atomic E-state index is 12.2. The third-order valence-electron chi connectivity index (χ3n) is 4.48. The summed E-state index contributed by atoms with van der Waals surface area (Å²) in [6.45, 7) is 2.04. The van der Waals surface area contributed by atoms with Gasteiger partial charge in [0.1, 0.15) is 11.9 Å². The van der Waals surface area contributed by atoms with Crippen LogP contribution in [0.15, 0.2) is 29.1 Å². The molecule has 2 N–H and O–H groups in total. The molecule has 5 heteroatoms. The molecule has 1 aliphatic rings. The number of nitrogens with one attached hydrogen (secondary N) is 2. The second-order valence-electron chi connectivity index (χ2n) is 6.49. The van der Waals surface area contributed by atoms with Crippen LogP contribution in [0.1, 0.15) is 54.6 Å².